The summed E-state index contributed by atoms with van der Waals surface area (Å²) in [5.41, 5.74) is 0.359. The zero-order chi connectivity index (χ0) is 17.8. The summed E-state index contributed by atoms with van der Waals surface area (Å²) in [6.07, 6.45) is 9.03. The highest BCUT2D eigenvalue weighted by Gasteiger charge is 2.39. The first-order chi connectivity index (χ1) is 10.5. The molecule has 0 bridgehead atoms. The molecule has 1 N–H and O–H groups in total. The molecule has 0 aromatic rings. The highest BCUT2D eigenvalue weighted by Crippen LogP contribution is 2.43. The van der Waals surface area contributed by atoms with Gasteiger partial charge in [-0.15, -0.1) is 0 Å². The highest BCUT2D eigenvalue weighted by molar-refractivity contribution is 4.89. The molecule has 0 aromatic heterocycles. The lowest BCUT2D eigenvalue weighted by Gasteiger charge is -2.43. The van der Waals surface area contributed by atoms with Gasteiger partial charge >= 0.3 is 0 Å². The summed E-state index contributed by atoms with van der Waals surface area (Å²) in [4.78, 5) is 0. The van der Waals surface area contributed by atoms with Gasteiger partial charge in [-0.2, -0.15) is 0 Å². The van der Waals surface area contributed by atoms with E-state index in [1.165, 1.54) is 38.5 Å². The molecular formula is C22H44O. The average molecular weight is 325 g/mol. The number of rotatable bonds is 6. The van der Waals surface area contributed by atoms with Gasteiger partial charge in [-0.1, -0.05) is 93.9 Å². The maximum atomic E-state index is 11.2. The quantitative estimate of drug-likeness (QED) is 0.577. The maximum Gasteiger partial charge on any atom is 0.0606 e. The Morgan fingerprint density at radius 3 is 1.74 bits per heavy atom. The van der Waals surface area contributed by atoms with Gasteiger partial charge in [-0.3, -0.25) is 0 Å². The Morgan fingerprint density at radius 1 is 0.870 bits per heavy atom. The van der Waals surface area contributed by atoms with Crippen molar-refractivity contribution in [3.05, 3.63) is 0 Å². The molecule has 1 saturated carbocycles. The largest absolute Gasteiger partial charge is 0.393 e. The minimum Gasteiger partial charge on any atom is -0.393 e. The van der Waals surface area contributed by atoms with Crippen LogP contribution in [-0.2, 0) is 0 Å². The molecule has 0 radical (unpaired) electrons. The Kier molecular flexibility index (Phi) is 7.64. The van der Waals surface area contributed by atoms with Crippen molar-refractivity contribution in [1.29, 1.82) is 0 Å². The standard InChI is InChI=1S/C22H44O/c1-9-18(21(3,4)5)20(23)19(22(6,7)8)15-14-17-12-10-16(2)11-13-17/h16-20,23H,9-15H2,1-8H3. The maximum absolute atomic E-state index is 11.2. The lowest BCUT2D eigenvalue weighted by Crippen LogP contribution is -2.42. The molecule has 0 amide bonds. The van der Waals surface area contributed by atoms with E-state index in [2.05, 4.69) is 55.4 Å². The third-order valence-corrected chi connectivity index (χ3v) is 6.51. The van der Waals surface area contributed by atoms with E-state index < -0.39 is 0 Å². The molecule has 0 spiro atoms. The molecule has 0 saturated heterocycles. The monoisotopic (exact) mass is 324 g/mol. The van der Waals surface area contributed by atoms with Gasteiger partial charge in [0.2, 0.25) is 0 Å². The Labute approximate surface area is 146 Å². The molecule has 1 heteroatoms. The number of hydrogen-bond donors (Lipinski definition) is 1. The molecule has 1 aliphatic carbocycles. The molecule has 3 unspecified atom stereocenters. The first-order valence-electron chi connectivity index (χ1n) is 10.1. The van der Waals surface area contributed by atoms with E-state index in [0.29, 0.717) is 11.8 Å². The van der Waals surface area contributed by atoms with E-state index >= 15 is 0 Å². The second kappa shape index (κ2) is 8.37. The van der Waals surface area contributed by atoms with E-state index in [9.17, 15) is 5.11 Å². The summed E-state index contributed by atoms with van der Waals surface area (Å²) in [5, 5.41) is 11.2. The average Bonchev–Trinajstić information content (AvgIpc) is 2.38. The van der Waals surface area contributed by atoms with Crippen molar-refractivity contribution in [3.63, 3.8) is 0 Å². The fraction of sp³-hybridized carbons (Fsp3) is 1.00. The van der Waals surface area contributed by atoms with Crippen molar-refractivity contribution in [2.24, 2.45) is 34.5 Å². The summed E-state index contributed by atoms with van der Waals surface area (Å²) in [6.45, 7) is 18.4. The minimum absolute atomic E-state index is 0.178. The van der Waals surface area contributed by atoms with Gasteiger partial charge in [0.05, 0.1) is 6.10 Å². The topological polar surface area (TPSA) is 20.2 Å². The van der Waals surface area contributed by atoms with Gasteiger partial charge in [-0.25, -0.2) is 0 Å². The molecule has 1 nitrogen and oxygen atoms in total. The van der Waals surface area contributed by atoms with Crippen LogP contribution in [0.1, 0.15) is 100 Å². The van der Waals surface area contributed by atoms with Gasteiger partial charge in [0.25, 0.3) is 0 Å². The first kappa shape index (κ1) is 21.0. The van der Waals surface area contributed by atoms with Gasteiger partial charge in [0.15, 0.2) is 0 Å². The van der Waals surface area contributed by atoms with Gasteiger partial charge in [-0.05, 0) is 40.9 Å². The van der Waals surface area contributed by atoms with Crippen LogP contribution >= 0.6 is 0 Å². The molecule has 23 heavy (non-hydrogen) atoms. The number of aliphatic hydroxyl groups excluding tert-OH is 1. The van der Waals surface area contributed by atoms with Crippen LogP contribution in [0.2, 0.25) is 0 Å². The second-order valence-corrected chi connectivity index (χ2v) is 10.5. The molecule has 0 aliphatic heterocycles. The van der Waals surface area contributed by atoms with Crippen LogP contribution in [0.15, 0.2) is 0 Å². The van der Waals surface area contributed by atoms with Crippen molar-refractivity contribution < 1.29 is 5.11 Å². The van der Waals surface area contributed by atoms with Crippen LogP contribution in [-0.4, -0.2) is 11.2 Å². The summed E-state index contributed by atoms with van der Waals surface area (Å²) in [5.74, 6) is 2.63. The predicted octanol–water partition coefficient (Wildman–Crippen LogP) is 6.69. The van der Waals surface area contributed by atoms with Crippen LogP contribution in [0.3, 0.4) is 0 Å². The normalized spacial score (nSPS) is 27.5. The van der Waals surface area contributed by atoms with E-state index in [4.69, 9.17) is 0 Å². The summed E-state index contributed by atoms with van der Waals surface area (Å²) in [6, 6.07) is 0. The molecule has 1 fully saturated rings. The predicted molar refractivity (Wildman–Crippen MR) is 103 cm³/mol. The fourth-order valence-corrected chi connectivity index (χ4v) is 4.80. The van der Waals surface area contributed by atoms with E-state index in [-0.39, 0.29) is 16.9 Å². The Morgan fingerprint density at radius 2 is 1.35 bits per heavy atom. The van der Waals surface area contributed by atoms with Crippen molar-refractivity contribution >= 4 is 0 Å². The Bertz CT molecular complexity index is 325. The smallest absolute Gasteiger partial charge is 0.0606 e. The summed E-state index contributed by atoms with van der Waals surface area (Å²) in [7, 11) is 0. The van der Waals surface area contributed by atoms with Crippen molar-refractivity contribution in [1.82, 2.24) is 0 Å². The van der Waals surface area contributed by atoms with Crippen LogP contribution in [0.4, 0.5) is 0 Å². The zero-order valence-corrected chi connectivity index (χ0v) is 17.3. The van der Waals surface area contributed by atoms with Crippen LogP contribution in [0.25, 0.3) is 0 Å². The summed E-state index contributed by atoms with van der Waals surface area (Å²) < 4.78 is 0. The Hall–Kier alpha value is -0.0400. The second-order valence-electron chi connectivity index (χ2n) is 10.5. The minimum atomic E-state index is -0.178. The lowest BCUT2D eigenvalue weighted by molar-refractivity contribution is -0.0442. The third-order valence-electron chi connectivity index (χ3n) is 6.51. The molecule has 138 valence electrons. The van der Waals surface area contributed by atoms with Crippen LogP contribution in [0.5, 0.6) is 0 Å². The third kappa shape index (κ3) is 6.40. The number of hydrogen-bond acceptors (Lipinski definition) is 1. The lowest BCUT2D eigenvalue weighted by atomic mass is 9.65. The van der Waals surface area contributed by atoms with E-state index in [0.717, 1.165) is 18.3 Å². The van der Waals surface area contributed by atoms with Crippen LogP contribution < -0.4 is 0 Å². The molecule has 1 rings (SSSR count). The van der Waals surface area contributed by atoms with Crippen molar-refractivity contribution in [2.45, 2.75) is 106 Å². The van der Waals surface area contributed by atoms with Crippen molar-refractivity contribution in [3.8, 4) is 0 Å². The van der Waals surface area contributed by atoms with Crippen molar-refractivity contribution in [2.75, 3.05) is 0 Å². The Balaban J connectivity index is 2.72. The molecule has 1 aliphatic rings. The van der Waals surface area contributed by atoms with E-state index in [1.807, 2.05) is 0 Å². The molecule has 0 aromatic carbocycles. The highest BCUT2D eigenvalue weighted by atomic mass is 16.3. The number of aliphatic hydroxyl groups is 1. The fourth-order valence-electron chi connectivity index (χ4n) is 4.80. The van der Waals surface area contributed by atoms with Crippen LogP contribution in [0, 0.1) is 34.5 Å². The molecule has 0 heterocycles. The SMILES string of the molecule is CCC(C(O)C(CCC1CCC(C)CC1)C(C)(C)C)C(C)(C)C. The molecule has 3 atom stereocenters. The first-order valence-corrected chi connectivity index (χ1v) is 10.1. The zero-order valence-electron chi connectivity index (χ0n) is 17.3. The van der Waals surface area contributed by atoms with Gasteiger partial charge in [0, 0.05) is 0 Å². The van der Waals surface area contributed by atoms with E-state index in [1.54, 1.807) is 0 Å². The summed E-state index contributed by atoms with van der Waals surface area (Å²) >= 11 is 0. The van der Waals surface area contributed by atoms with Gasteiger partial charge < -0.3 is 5.11 Å². The molecular weight excluding hydrogens is 280 g/mol. The van der Waals surface area contributed by atoms with Gasteiger partial charge in [0.1, 0.15) is 0 Å².